The van der Waals surface area contributed by atoms with E-state index in [1.807, 2.05) is 19.0 Å². The van der Waals surface area contributed by atoms with Crippen molar-refractivity contribution in [1.29, 1.82) is 0 Å². The SMILES string of the molecule is Cc1cc(N(CC(=O)NCCCN(C)C)S(C)(=O)=O)no1. The maximum Gasteiger partial charge on any atom is 0.240 e. The first-order valence-electron chi connectivity index (χ1n) is 6.52. The molecule has 1 N–H and O–H groups in total. The summed E-state index contributed by atoms with van der Waals surface area (Å²) in [6, 6.07) is 1.47. The van der Waals surface area contributed by atoms with E-state index in [9.17, 15) is 13.2 Å². The Hall–Kier alpha value is -1.61. The van der Waals surface area contributed by atoms with Crippen LogP contribution in [0.25, 0.3) is 0 Å². The fraction of sp³-hybridized carbons (Fsp3) is 0.667. The van der Waals surface area contributed by atoms with Crippen molar-refractivity contribution < 1.29 is 17.7 Å². The maximum absolute atomic E-state index is 11.8. The van der Waals surface area contributed by atoms with E-state index in [-0.39, 0.29) is 18.3 Å². The zero-order valence-corrected chi connectivity index (χ0v) is 13.6. The number of anilines is 1. The van der Waals surface area contributed by atoms with Crippen LogP contribution in [0.5, 0.6) is 0 Å². The number of sulfonamides is 1. The summed E-state index contributed by atoms with van der Waals surface area (Å²) < 4.78 is 29.3. The Morgan fingerprint density at radius 1 is 1.43 bits per heavy atom. The molecule has 0 radical (unpaired) electrons. The fourth-order valence-corrected chi connectivity index (χ4v) is 2.43. The minimum atomic E-state index is -3.60. The van der Waals surface area contributed by atoms with Gasteiger partial charge in [0.25, 0.3) is 0 Å². The molecule has 0 spiro atoms. The molecule has 8 nitrogen and oxygen atoms in total. The molecule has 1 heterocycles. The van der Waals surface area contributed by atoms with E-state index in [0.29, 0.717) is 12.3 Å². The van der Waals surface area contributed by atoms with Crippen LogP contribution < -0.4 is 9.62 Å². The quantitative estimate of drug-likeness (QED) is 0.668. The standard InChI is InChI=1S/C12H22N4O4S/c1-10-8-11(14-20-10)16(21(4,18)19)9-12(17)13-6-5-7-15(2)3/h8H,5-7,9H2,1-4H3,(H,13,17). The van der Waals surface area contributed by atoms with Gasteiger partial charge in [-0.2, -0.15) is 0 Å². The van der Waals surface area contributed by atoms with Crippen molar-refractivity contribution in [2.24, 2.45) is 0 Å². The minimum absolute atomic E-state index is 0.110. The van der Waals surface area contributed by atoms with Gasteiger partial charge in [0.1, 0.15) is 12.3 Å². The van der Waals surface area contributed by atoms with E-state index in [4.69, 9.17) is 4.52 Å². The summed E-state index contributed by atoms with van der Waals surface area (Å²) in [6.07, 6.45) is 1.82. The van der Waals surface area contributed by atoms with Gasteiger partial charge < -0.3 is 14.7 Å². The lowest BCUT2D eigenvalue weighted by molar-refractivity contribution is -0.119. The Morgan fingerprint density at radius 3 is 2.57 bits per heavy atom. The molecular weight excluding hydrogens is 296 g/mol. The normalized spacial score (nSPS) is 11.7. The van der Waals surface area contributed by atoms with Crippen molar-refractivity contribution in [2.75, 3.05) is 44.3 Å². The van der Waals surface area contributed by atoms with Gasteiger partial charge in [-0.05, 0) is 34.0 Å². The molecule has 1 aromatic heterocycles. The predicted octanol–water partition coefficient (Wildman–Crippen LogP) is -0.183. The van der Waals surface area contributed by atoms with E-state index >= 15 is 0 Å². The second kappa shape index (κ2) is 7.41. The summed E-state index contributed by atoms with van der Waals surface area (Å²) in [5.41, 5.74) is 0. The Bertz CT molecular complexity index is 568. The van der Waals surface area contributed by atoms with Crippen LogP contribution >= 0.6 is 0 Å². The molecule has 0 aliphatic heterocycles. The molecule has 120 valence electrons. The number of aromatic nitrogens is 1. The van der Waals surface area contributed by atoms with Crippen LogP contribution in [-0.4, -0.2) is 64.4 Å². The van der Waals surface area contributed by atoms with E-state index in [2.05, 4.69) is 10.5 Å². The highest BCUT2D eigenvalue weighted by Crippen LogP contribution is 2.16. The van der Waals surface area contributed by atoms with Gasteiger partial charge in [-0.25, -0.2) is 12.7 Å². The molecule has 0 aliphatic carbocycles. The average molecular weight is 318 g/mol. The van der Waals surface area contributed by atoms with Crippen LogP contribution in [0.2, 0.25) is 0 Å². The van der Waals surface area contributed by atoms with Gasteiger partial charge >= 0.3 is 0 Å². The fourth-order valence-electron chi connectivity index (χ4n) is 1.65. The number of carbonyl (C=O) groups excluding carboxylic acids is 1. The summed E-state index contributed by atoms with van der Waals surface area (Å²) in [7, 11) is 0.287. The minimum Gasteiger partial charge on any atom is -0.360 e. The second-order valence-electron chi connectivity index (χ2n) is 5.07. The molecule has 0 bridgehead atoms. The first kappa shape index (κ1) is 17.4. The highest BCUT2D eigenvalue weighted by atomic mass is 32.2. The van der Waals surface area contributed by atoms with Crippen molar-refractivity contribution in [1.82, 2.24) is 15.4 Å². The highest BCUT2D eigenvalue weighted by Gasteiger charge is 2.23. The van der Waals surface area contributed by atoms with Gasteiger partial charge in [-0.15, -0.1) is 0 Å². The van der Waals surface area contributed by atoms with Gasteiger partial charge in [0, 0.05) is 12.6 Å². The summed E-state index contributed by atoms with van der Waals surface area (Å²) in [6.45, 7) is 2.68. The topological polar surface area (TPSA) is 95.8 Å². The Labute approximate surface area is 125 Å². The van der Waals surface area contributed by atoms with Crippen molar-refractivity contribution in [3.8, 4) is 0 Å². The van der Waals surface area contributed by atoms with Crippen molar-refractivity contribution in [3.05, 3.63) is 11.8 Å². The molecule has 1 rings (SSSR count). The van der Waals surface area contributed by atoms with Gasteiger partial charge in [-0.3, -0.25) is 4.79 Å². The van der Waals surface area contributed by atoms with Crippen LogP contribution in [0.4, 0.5) is 5.82 Å². The molecule has 1 aromatic rings. The molecule has 0 saturated carbocycles. The molecular formula is C12H22N4O4S. The molecule has 0 atom stereocenters. The lowest BCUT2D eigenvalue weighted by atomic mass is 10.4. The van der Waals surface area contributed by atoms with Crippen LogP contribution in [0.1, 0.15) is 12.2 Å². The largest absolute Gasteiger partial charge is 0.360 e. The van der Waals surface area contributed by atoms with E-state index in [0.717, 1.165) is 23.5 Å². The highest BCUT2D eigenvalue weighted by molar-refractivity contribution is 7.92. The zero-order valence-electron chi connectivity index (χ0n) is 12.8. The molecule has 21 heavy (non-hydrogen) atoms. The number of aryl methyl sites for hydroxylation is 1. The Kier molecular flexibility index (Phi) is 6.16. The van der Waals surface area contributed by atoms with Crippen molar-refractivity contribution in [2.45, 2.75) is 13.3 Å². The smallest absolute Gasteiger partial charge is 0.240 e. The summed E-state index contributed by atoms with van der Waals surface area (Å²) >= 11 is 0. The van der Waals surface area contributed by atoms with Gasteiger partial charge in [-0.1, -0.05) is 5.16 Å². The van der Waals surface area contributed by atoms with Crippen LogP contribution in [-0.2, 0) is 14.8 Å². The molecule has 0 aromatic carbocycles. The molecule has 1 amide bonds. The average Bonchev–Trinajstić information content (AvgIpc) is 2.76. The van der Waals surface area contributed by atoms with Crippen molar-refractivity contribution in [3.63, 3.8) is 0 Å². The first-order chi connectivity index (χ1) is 9.70. The van der Waals surface area contributed by atoms with E-state index in [1.54, 1.807) is 6.92 Å². The summed E-state index contributed by atoms with van der Waals surface area (Å²) in [5, 5.41) is 6.33. The lowest BCUT2D eigenvalue weighted by Gasteiger charge is -2.18. The van der Waals surface area contributed by atoms with Crippen LogP contribution in [0.3, 0.4) is 0 Å². The molecule has 9 heteroatoms. The number of rotatable bonds is 8. The molecule has 0 fully saturated rings. The first-order valence-corrected chi connectivity index (χ1v) is 8.37. The van der Waals surface area contributed by atoms with Crippen molar-refractivity contribution >= 4 is 21.7 Å². The number of nitrogens with one attached hydrogen (secondary N) is 1. The number of carbonyl (C=O) groups is 1. The second-order valence-corrected chi connectivity index (χ2v) is 6.98. The number of nitrogens with zero attached hydrogens (tertiary/aromatic N) is 3. The number of hydrogen-bond donors (Lipinski definition) is 1. The van der Waals surface area contributed by atoms with Gasteiger partial charge in [0.05, 0.1) is 6.26 Å². The zero-order chi connectivity index (χ0) is 16.0. The molecule has 0 unspecified atom stereocenters. The molecule has 0 aliphatic rings. The van der Waals surface area contributed by atoms with Gasteiger partial charge in [0.15, 0.2) is 5.82 Å². The van der Waals surface area contributed by atoms with Crippen LogP contribution in [0, 0.1) is 6.92 Å². The molecule has 0 saturated heterocycles. The number of amides is 1. The summed E-state index contributed by atoms with van der Waals surface area (Å²) in [4.78, 5) is 13.8. The monoisotopic (exact) mass is 318 g/mol. The summed E-state index contributed by atoms with van der Waals surface area (Å²) in [5.74, 6) is 0.211. The Morgan fingerprint density at radius 2 is 2.10 bits per heavy atom. The lowest BCUT2D eigenvalue weighted by Crippen LogP contribution is -2.41. The van der Waals surface area contributed by atoms with Crippen LogP contribution in [0.15, 0.2) is 10.6 Å². The third-order valence-electron chi connectivity index (χ3n) is 2.66. The van der Waals surface area contributed by atoms with Gasteiger partial charge in [0.2, 0.25) is 15.9 Å². The Balaban J connectivity index is 2.60. The third-order valence-corrected chi connectivity index (χ3v) is 3.78. The third kappa shape index (κ3) is 6.13. The van der Waals surface area contributed by atoms with E-state index in [1.165, 1.54) is 6.07 Å². The number of hydrogen-bond acceptors (Lipinski definition) is 6. The van der Waals surface area contributed by atoms with E-state index < -0.39 is 10.0 Å². The predicted molar refractivity (Wildman–Crippen MR) is 79.6 cm³/mol. The maximum atomic E-state index is 11.8.